The van der Waals surface area contributed by atoms with Crippen LogP contribution < -0.4 is 5.32 Å². The first-order valence-corrected chi connectivity index (χ1v) is 8.18. The van der Waals surface area contributed by atoms with Crippen molar-refractivity contribution in [2.24, 2.45) is 0 Å². The zero-order valence-electron chi connectivity index (χ0n) is 14.0. The molecule has 5 heteroatoms. The Morgan fingerprint density at radius 3 is 2.54 bits per heavy atom. The number of amides is 2. The van der Waals surface area contributed by atoms with Crippen molar-refractivity contribution in [2.75, 3.05) is 18.4 Å². The van der Waals surface area contributed by atoms with Gasteiger partial charge in [-0.1, -0.05) is 12.1 Å². The Morgan fingerprint density at radius 1 is 1.08 bits per heavy atom. The summed E-state index contributed by atoms with van der Waals surface area (Å²) < 4.78 is 0. The molecule has 2 aromatic rings. The Bertz CT molecular complexity index is 780. The topological polar surface area (TPSA) is 62.3 Å². The van der Waals surface area contributed by atoms with Crippen molar-refractivity contribution in [1.29, 1.82) is 0 Å². The highest BCUT2D eigenvalue weighted by molar-refractivity contribution is 6.06. The number of likely N-dealkylation sites (tertiary alicyclic amines) is 1. The Labute approximate surface area is 141 Å². The number of anilines is 1. The molecule has 0 unspecified atom stereocenters. The summed E-state index contributed by atoms with van der Waals surface area (Å²) in [4.78, 5) is 30.8. The largest absolute Gasteiger partial charge is 0.339 e. The van der Waals surface area contributed by atoms with Gasteiger partial charge in [0.1, 0.15) is 0 Å². The number of carbonyl (C=O) groups is 2. The third-order valence-corrected chi connectivity index (χ3v) is 4.49. The highest BCUT2D eigenvalue weighted by atomic mass is 16.2. The molecule has 0 bridgehead atoms. The van der Waals surface area contributed by atoms with Gasteiger partial charge in [0.2, 0.25) is 0 Å². The number of aromatic nitrogens is 1. The number of carbonyl (C=O) groups excluding carboxylic acids is 2. The van der Waals surface area contributed by atoms with E-state index in [0.717, 1.165) is 42.7 Å². The summed E-state index contributed by atoms with van der Waals surface area (Å²) in [5, 5.41) is 2.90. The number of hydrogen-bond acceptors (Lipinski definition) is 3. The van der Waals surface area contributed by atoms with Crippen molar-refractivity contribution in [3.8, 4) is 0 Å². The summed E-state index contributed by atoms with van der Waals surface area (Å²) in [7, 11) is 0. The minimum absolute atomic E-state index is 0.0543. The van der Waals surface area contributed by atoms with Gasteiger partial charge in [-0.3, -0.25) is 14.6 Å². The van der Waals surface area contributed by atoms with Crippen LogP contribution >= 0.6 is 0 Å². The molecule has 1 aromatic heterocycles. The first-order chi connectivity index (χ1) is 11.6. The lowest BCUT2D eigenvalue weighted by Gasteiger charge is -2.15. The summed E-state index contributed by atoms with van der Waals surface area (Å²) in [5.41, 5.74) is 3.77. The Kier molecular flexibility index (Phi) is 4.60. The van der Waals surface area contributed by atoms with Crippen LogP contribution in [0, 0.1) is 13.8 Å². The predicted molar refractivity (Wildman–Crippen MR) is 93.2 cm³/mol. The molecular weight excluding hydrogens is 302 g/mol. The van der Waals surface area contributed by atoms with E-state index < -0.39 is 0 Å². The highest BCUT2D eigenvalue weighted by Crippen LogP contribution is 2.19. The van der Waals surface area contributed by atoms with E-state index in [0.29, 0.717) is 11.1 Å². The van der Waals surface area contributed by atoms with Gasteiger partial charge in [0.25, 0.3) is 11.8 Å². The average Bonchev–Trinajstić information content (AvgIpc) is 3.13. The smallest absolute Gasteiger partial charge is 0.257 e. The van der Waals surface area contributed by atoms with Crippen LogP contribution in [0.15, 0.2) is 36.7 Å². The standard InChI is InChI=1S/C19H21N3O2/c1-13-6-5-7-17(14(13)2)21-18(23)15-10-16(12-20-11-15)19(24)22-8-3-4-9-22/h5-7,10-12H,3-4,8-9H2,1-2H3,(H,21,23). The number of hydrogen-bond donors (Lipinski definition) is 1. The van der Waals surface area contributed by atoms with Gasteiger partial charge in [0, 0.05) is 31.2 Å². The highest BCUT2D eigenvalue weighted by Gasteiger charge is 2.20. The van der Waals surface area contributed by atoms with Gasteiger partial charge in [-0.25, -0.2) is 0 Å². The number of rotatable bonds is 3. The predicted octanol–water partition coefficient (Wildman–Crippen LogP) is 3.19. The molecule has 0 atom stereocenters. The number of nitrogens with zero attached hydrogens (tertiary/aromatic N) is 2. The zero-order valence-corrected chi connectivity index (χ0v) is 14.0. The molecule has 2 amide bonds. The quantitative estimate of drug-likeness (QED) is 0.943. The molecule has 0 aliphatic carbocycles. The lowest BCUT2D eigenvalue weighted by atomic mass is 10.1. The second-order valence-corrected chi connectivity index (χ2v) is 6.16. The van der Waals surface area contributed by atoms with Crippen molar-refractivity contribution >= 4 is 17.5 Å². The van der Waals surface area contributed by atoms with Crippen LogP contribution in [0.1, 0.15) is 44.7 Å². The van der Waals surface area contributed by atoms with Gasteiger partial charge in [-0.2, -0.15) is 0 Å². The second kappa shape index (κ2) is 6.83. The molecule has 3 rings (SSSR count). The molecule has 24 heavy (non-hydrogen) atoms. The number of nitrogens with one attached hydrogen (secondary N) is 1. The van der Waals surface area contributed by atoms with Gasteiger partial charge >= 0.3 is 0 Å². The maximum Gasteiger partial charge on any atom is 0.257 e. The lowest BCUT2D eigenvalue weighted by molar-refractivity contribution is 0.0792. The van der Waals surface area contributed by atoms with E-state index in [-0.39, 0.29) is 11.8 Å². The summed E-state index contributed by atoms with van der Waals surface area (Å²) in [6, 6.07) is 7.40. The van der Waals surface area contributed by atoms with Crippen molar-refractivity contribution in [3.63, 3.8) is 0 Å². The minimum Gasteiger partial charge on any atom is -0.339 e. The van der Waals surface area contributed by atoms with Gasteiger partial charge < -0.3 is 10.2 Å². The molecule has 1 aliphatic heterocycles. The Morgan fingerprint density at radius 2 is 1.79 bits per heavy atom. The number of benzene rings is 1. The Balaban J connectivity index is 1.79. The molecule has 1 aromatic carbocycles. The van der Waals surface area contributed by atoms with Crippen molar-refractivity contribution < 1.29 is 9.59 Å². The summed E-state index contributed by atoms with van der Waals surface area (Å²) in [5.74, 6) is -0.311. The van der Waals surface area contributed by atoms with Crippen LogP contribution in [-0.2, 0) is 0 Å². The number of pyridine rings is 1. The van der Waals surface area contributed by atoms with E-state index >= 15 is 0 Å². The monoisotopic (exact) mass is 323 g/mol. The fourth-order valence-electron chi connectivity index (χ4n) is 2.86. The lowest BCUT2D eigenvalue weighted by Crippen LogP contribution is -2.28. The molecular formula is C19H21N3O2. The molecule has 1 fully saturated rings. The molecule has 0 radical (unpaired) electrons. The molecule has 5 nitrogen and oxygen atoms in total. The number of aryl methyl sites for hydroxylation is 1. The van der Waals surface area contributed by atoms with E-state index in [1.54, 1.807) is 6.07 Å². The van der Waals surface area contributed by atoms with Crippen LogP contribution in [0.25, 0.3) is 0 Å². The van der Waals surface area contributed by atoms with Gasteiger partial charge in [-0.15, -0.1) is 0 Å². The van der Waals surface area contributed by atoms with Crippen LogP contribution in [0.5, 0.6) is 0 Å². The van der Waals surface area contributed by atoms with E-state index in [1.807, 2.05) is 36.9 Å². The molecule has 1 saturated heterocycles. The Hall–Kier alpha value is -2.69. The fourth-order valence-corrected chi connectivity index (χ4v) is 2.86. The van der Waals surface area contributed by atoms with Gasteiger partial charge in [-0.05, 0) is 49.9 Å². The minimum atomic E-state index is -0.257. The summed E-state index contributed by atoms with van der Waals surface area (Å²) in [6.45, 7) is 5.52. The van der Waals surface area contributed by atoms with Crippen LogP contribution in [-0.4, -0.2) is 34.8 Å². The third-order valence-electron chi connectivity index (χ3n) is 4.49. The van der Waals surface area contributed by atoms with Gasteiger partial charge in [0.05, 0.1) is 11.1 Å². The molecule has 0 saturated carbocycles. The van der Waals surface area contributed by atoms with Crippen LogP contribution in [0.3, 0.4) is 0 Å². The molecule has 1 N–H and O–H groups in total. The maximum absolute atomic E-state index is 12.5. The first kappa shape index (κ1) is 16.2. The average molecular weight is 323 g/mol. The van der Waals surface area contributed by atoms with Crippen LogP contribution in [0.2, 0.25) is 0 Å². The molecule has 124 valence electrons. The van der Waals surface area contributed by atoms with E-state index in [4.69, 9.17) is 0 Å². The second-order valence-electron chi connectivity index (χ2n) is 6.16. The zero-order chi connectivity index (χ0) is 17.1. The first-order valence-electron chi connectivity index (χ1n) is 8.18. The van der Waals surface area contributed by atoms with Gasteiger partial charge in [0.15, 0.2) is 0 Å². The van der Waals surface area contributed by atoms with Crippen LogP contribution in [0.4, 0.5) is 5.69 Å². The van der Waals surface area contributed by atoms with E-state index in [9.17, 15) is 9.59 Å². The normalized spacial score (nSPS) is 13.8. The fraction of sp³-hybridized carbons (Fsp3) is 0.316. The molecule has 0 spiro atoms. The summed E-state index contributed by atoms with van der Waals surface area (Å²) >= 11 is 0. The van der Waals surface area contributed by atoms with Crippen molar-refractivity contribution in [2.45, 2.75) is 26.7 Å². The SMILES string of the molecule is Cc1cccc(NC(=O)c2cncc(C(=O)N3CCCC3)c2)c1C. The molecule has 2 heterocycles. The van der Waals surface area contributed by atoms with Crippen molar-refractivity contribution in [3.05, 3.63) is 58.9 Å². The van der Waals surface area contributed by atoms with Crippen molar-refractivity contribution in [1.82, 2.24) is 9.88 Å². The molecule has 1 aliphatic rings. The van der Waals surface area contributed by atoms with E-state index in [1.165, 1.54) is 12.4 Å². The maximum atomic E-state index is 12.5. The van der Waals surface area contributed by atoms with E-state index in [2.05, 4.69) is 10.3 Å². The third kappa shape index (κ3) is 3.30. The summed E-state index contributed by atoms with van der Waals surface area (Å²) in [6.07, 6.45) is 5.08.